The highest BCUT2D eigenvalue weighted by atomic mass is 15.2. The molecule has 0 aromatic rings. The first-order valence-electron chi connectivity index (χ1n) is 5.20. The predicted octanol–water partition coefficient (Wildman–Crippen LogP) is 0.217. The summed E-state index contributed by atoms with van der Waals surface area (Å²) < 4.78 is 0. The lowest BCUT2D eigenvalue weighted by atomic mass is 9.95. The Morgan fingerprint density at radius 1 is 1.54 bits per heavy atom. The third-order valence-corrected chi connectivity index (χ3v) is 3.10. The SMILES string of the molecule is CN1CCC(C(CCN)N(C)C)C1. The van der Waals surface area contributed by atoms with E-state index in [9.17, 15) is 0 Å². The molecular formula is C10H23N3. The zero-order chi connectivity index (χ0) is 9.84. The quantitative estimate of drug-likeness (QED) is 0.680. The Bertz CT molecular complexity index is 147. The van der Waals surface area contributed by atoms with Crippen molar-refractivity contribution < 1.29 is 0 Å². The van der Waals surface area contributed by atoms with E-state index in [1.54, 1.807) is 0 Å². The van der Waals surface area contributed by atoms with Gasteiger partial charge in [-0.1, -0.05) is 0 Å². The summed E-state index contributed by atoms with van der Waals surface area (Å²) in [5.74, 6) is 0.823. The third kappa shape index (κ3) is 2.93. The van der Waals surface area contributed by atoms with Crippen molar-refractivity contribution in [2.45, 2.75) is 18.9 Å². The average Bonchev–Trinajstić information content (AvgIpc) is 2.46. The normalized spacial score (nSPS) is 27.0. The predicted molar refractivity (Wildman–Crippen MR) is 56.8 cm³/mol. The molecule has 0 bridgehead atoms. The first-order chi connectivity index (χ1) is 6.15. The Morgan fingerprint density at radius 2 is 2.23 bits per heavy atom. The molecule has 1 aliphatic rings. The standard InChI is InChI=1S/C10H23N3/c1-12(2)10(4-6-11)9-5-7-13(3)8-9/h9-10H,4-8,11H2,1-3H3. The number of hydrogen-bond donors (Lipinski definition) is 1. The number of likely N-dealkylation sites (tertiary alicyclic amines) is 1. The minimum Gasteiger partial charge on any atom is -0.330 e. The molecule has 0 aliphatic carbocycles. The fourth-order valence-corrected chi connectivity index (χ4v) is 2.37. The van der Waals surface area contributed by atoms with Crippen LogP contribution in [-0.2, 0) is 0 Å². The molecular weight excluding hydrogens is 162 g/mol. The van der Waals surface area contributed by atoms with Gasteiger partial charge < -0.3 is 15.5 Å². The van der Waals surface area contributed by atoms with Crippen LogP contribution in [0.3, 0.4) is 0 Å². The summed E-state index contributed by atoms with van der Waals surface area (Å²) in [5.41, 5.74) is 5.63. The largest absolute Gasteiger partial charge is 0.330 e. The lowest BCUT2D eigenvalue weighted by Crippen LogP contribution is -2.38. The van der Waals surface area contributed by atoms with Crippen molar-refractivity contribution in [3.63, 3.8) is 0 Å². The molecule has 2 N–H and O–H groups in total. The molecule has 0 saturated carbocycles. The second kappa shape index (κ2) is 4.94. The average molecular weight is 185 g/mol. The molecule has 0 amide bonds. The second-order valence-electron chi connectivity index (χ2n) is 4.42. The Labute approximate surface area is 81.9 Å². The first-order valence-corrected chi connectivity index (χ1v) is 5.20. The van der Waals surface area contributed by atoms with E-state index in [0.29, 0.717) is 6.04 Å². The summed E-state index contributed by atoms with van der Waals surface area (Å²) >= 11 is 0. The van der Waals surface area contributed by atoms with E-state index in [-0.39, 0.29) is 0 Å². The molecule has 78 valence electrons. The van der Waals surface area contributed by atoms with Gasteiger partial charge in [-0.2, -0.15) is 0 Å². The molecule has 1 fully saturated rings. The maximum atomic E-state index is 5.63. The highest BCUT2D eigenvalue weighted by molar-refractivity contribution is 4.83. The van der Waals surface area contributed by atoms with Gasteiger partial charge in [-0.05, 0) is 53.0 Å². The molecule has 0 aromatic carbocycles. The maximum absolute atomic E-state index is 5.63. The van der Waals surface area contributed by atoms with Gasteiger partial charge in [0.2, 0.25) is 0 Å². The van der Waals surface area contributed by atoms with Gasteiger partial charge in [0.25, 0.3) is 0 Å². The van der Waals surface area contributed by atoms with Gasteiger partial charge in [-0.15, -0.1) is 0 Å². The van der Waals surface area contributed by atoms with Crippen molar-refractivity contribution in [1.82, 2.24) is 9.80 Å². The Balaban J connectivity index is 2.44. The van der Waals surface area contributed by atoms with E-state index >= 15 is 0 Å². The zero-order valence-electron chi connectivity index (χ0n) is 9.16. The van der Waals surface area contributed by atoms with Crippen LogP contribution in [0.15, 0.2) is 0 Å². The van der Waals surface area contributed by atoms with Crippen LogP contribution < -0.4 is 5.73 Å². The number of nitrogens with two attached hydrogens (primary N) is 1. The van der Waals surface area contributed by atoms with Crippen molar-refractivity contribution in [3.8, 4) is 0 Å². The molecule has 2 atom stereocenters. The first kappa shape index (κ1) is 11.0. The van der Waals surface area contributed by atoms with Crippen LogP contribution in [-0.4, -0.2) is 56.6 Å². The smallest absolute Gasteiger partial charge is 0.0142 e. The van der Waals surface area contributed by atoms with Crippen molar-refractivity contribution in [2.24, 2.45) is 11.7 Å². The van der Waals surface area contributed by atoms with E-state index in [4.69, 9.17) is 5.73 Å². The lowest BCUT2D eigenvalue weighted by Gasteiger charge is -2.29. The van der Waals surface area contributed by atoms with E-state index < -0.39 is 0 Å². The van der Waals surface area contributed by atoms with Gasteiger partial charge in [0.15, 0.2) is 0 Å². The fraction of sp³-hybridized carbons (Fsp3) is 1.00. The molecule has 1 saturated heterocycles. The molecule has 1 aliphatic heterocycles. The van der Waals surface area contributed by atoms with Crippen LogP contribution in [0.1, 0.15) is 12.8 Å². The molecule has 0 spiro atoms. The second-order valence-corrected chi connectivity index (χ2v) is 4.42. The van der Waals surface area contributed by atoms with Crippen molar-refractivity contribution in [2.75, 3.05) is 40.8 Å². The van der Waals surface area contributed by atoms with Gasteiger partial charge in [0.05, 0.1) is 0 Å². The van der Waals surface area contributed by atoms with E-state index in [1.165, 1.54) is 19.5 Å². The molecule has 13 heavy (non-hydrogen) atoms. The van der Waals surface area contributed by atoms with E-state index in [0.717, 1.165) is 18.9 Å². The van der Waals surface area contributed by atoms with Gasteiger partial charge >= 0.3 is 0 Å². The van der Waals surface area contributed by atoms with Crippen LogP contribution in [0.4, 0.5) is 0 Å². The highest BCUT2D eigenvalue weighted by Gasteiger charge is 2.28. The summed E-state index contributed by atoms with van der Waals surface area (Å²) in [4.78, 5) is 4.74. The minimum atomic E-state index is 0.676. The molecule has 3 nitrogen and oxygen atoms in total. The lowest BCUT2D eigenvalue weighted by molar-refractivity contribution is 0.201. The number of nitrogens with zero attached hydrogens (tertiary/aromatic N) is 2. The van der Waals surface area contributed by atoms with Gasteiger partial charge in [0, 0.05) is 12.6 Å². The topological polar surface area (TPSA) is 32.5 Å². The van der Waals surface area contributed by atoms with Crippen LogP contribution in [0.5, 0.6) is 0 Å². The summed E-state index contributed by atoms with van der Waals surface area (Å²) in [6.45, 7) is 3.30. The summed E-state index contributed by atoms with van der Waals surface area (Å²) in [7, 11) is 6.53. The van der Waals surface area contributed by atoms with E-state index in [1.807, 2.05) is 0 Å². The number of hydrogen-bond acceptors (Lipinski definition) is 3. The molecule has 3 heteroatoms. The Kier molecular flexibility index (Phi) is 4.16. The van der Waals surface area contributed by atoms with Crippen LogP contribution >= 0.6 is 0 Å². The Morgan fingerprint density at radius 3 is 2.62 bits per heavy atom. The van der Waals surface area contributed by atoms with Gasteiger partial charge in [-0.25, -0.2) is 0 Å². The van der Waals surface area contributed by atoms with Gasteiger partial charge in [0.1, 0.15) is 0 Å². The molecule has 0 radical (unpaired) electrons. The third-order valence-electron chi connectivity index (χ3n) is 3.10. The minimum absolute atomic E-state index is 0.676. The highest BCUT2D eigenvalue weighted by Crippen LogP contribution is 2.22. The molecule has 1 rings (SSSR count). The summed E-state index contributed by atoms with van der Waals surface area (Å²) in [6.07, 6.45) is 2.46. The molecule has 1 heterocycles. The van der Waals surface area contributed by atoms with Crippen LogP contribution in [0.25, 0.3) is 0 Å². The molecule has 2 unspecified atom stereocenters. The Hall–Kier alpha value is -0.120. The fourth-order valence-electron chi connectivity index (χ4n) is 2.37. The van der Waals surface area contributed by atoms with Gasteiger partial charge in [-0.3, -0.25) is 0 Å². The van der Waals surface area contributed by atoms with Crippen molar-refractivity contribution in [1.29, 1.82) is 0 Å². The van der Waals surface area contributed by atoms with E-state index in [2.05, 4.69) is 30.9 Å². The van der Waals surface area contributed by atoms with Crippen molar-refractivity contribution >= 4 is 0 Å². The monoisotopic (exact) mass is 185 g/mol. The maximum Gasteiger partial charge on any atom is 0.0142 e. The van der Waals surface area contributed by atoms with Crippen LogP contribution in [0, 0.1) is 5.92 Å². The number of rotatable bonds is 4. The summed E-state index contributed by atoms with van der Waals surface area (Å²) in [6, 6.07) is 0.676. The van der Waals surface area contributed by atoms with Crippen LogP contribution in [0.2, 0.25) is 0 Å². The van der Waals surface area contributed by atoms with Crippen molar-refractivity contribution in [3.05, 3.63) is 0 Å². The zero-order valence-corrected chi connectivity index (χ0v) is 9.16. The summed E-state index contributed by atoms with van der Waals surface area (Å²) in [5, 5.41) is 0. The molecule has 0 aromatic heterocycles.